The van der Waals surface area contributed by atoms with Crippen molar-refractivity contribution in [2.75, 3.05) is 14.2 Å². The molecule has 1 aromatic rings. The second-order valence-electron chi connectivity index (χ2n) is 8.07. The number of hydrogen-bond donors (Lipinski definition) is 2. The fourth-order valence-electron chi connectivity index (χ4n) is 3.89. The Hall–Kier alpha value is -2.08. The summed E-state index contributed by atoms with van der Waals surface area (Å²) in [6.45, 7) is 7.64. The molecule has 1 aromatic carbocycles. The number of nitrogens with zero attached hydrogens (tertiary/aromatic N) is 1. The highest BCUT2D eigenvalue weighted by Gasteiger charge is 2.56. The molecule has 144 valence electrons. The number of aliphatic carboxylic acids is 1. The number of carbonyl (C=O) groups excluding carboxylic acids is 1. The molecule has 0 radical (unpaired) electrons. The molecule has 1 aliphatic rings. The Kier molecular flexibility index (Phi) is 5.66. The van der Waals surface area contributed by atoms with Gasteiger partial charge in [0.05, 0.1) is 13.0 Å². The van der Waals surface area contributed by atoms with Crippen molar-refractivity contribution in [3.05, 3.63) is 29.8 Å². The summed E-state index contributed by atoms with van der Waals surface area (Å²) in [6, 6.07) is 7.19. The van der Waals surface area contributed by atoms with Crippen molar-refractivity contribution in [3.8, 4) is 5.75 Å². The average Bonchev–Trinajstić information content (AvgIpc) is 2.87. The molecular weight excluding hydrogens is 332 g/mol. The molecule has 0 aromatic heterocycles. The molecule has 1 aliphatic heterocycles. The first-order chi connectivity index (χ1) is 12.1. The molecule has 3 atom stereocenters. The zero-order valence-electron chi connectivity index (χ0n) is 16.5. The van der Waals surface area contributed by atoms with Gasteiger partial charge in [-0.3, -0.25) is 14.5 Å². The Bertz CT molecular complexity index is 665. The van der Waals surface area contributed by atoms with Crippen molar-refractivity contribution in [3.63, 3.8) is 0 Å². The Morgan fingerprint density at radius 3 is 2.31 bits per heavy atom. The molecule has 2 rings (SSSR count). The lowest BCUT2D eigenvalue weighted by atomic mass is 9.86. The van der Waals surface area contributed by atoms with E-state index in [4.69, 9.17) is 4.74 Å². The van der Waals surface area contributed by atoms with Crippen molar-refractivity contribution in [1.82, 2.24) is 10.2 Å². The number of ether oxygens (including phenoxy) is 1. The van der Waals surface area contributed by atoms with Gasteiger partial charge in [0.2, 0.25) is 5.91 Å². The molecule has 0 spiro atoms. The van der Waals surface area contributed by atoms with Crippen LogP contribution in [-0.4, -0.2) is 47.1 Å². The van der Waals surface area contributed by atoms with E-state index in [1.165, 1.54) is 0 Å². The molecule has 0 unspecified atom stereocenters. The highest BCUT2D eigenvalue weighted by atomic mass is 16.5. The average molecular weight is 362 g/mol. The van der Waals surface area contributed by atoms with E-state index in [0.717, 1.165) is 11.3 Å². The second-order valence-corrected chi connectivity index (χ2v) is 8.07. The fourth-order valence-corrected chi connectivity index (χ4v) is 3.89. The lowest BCUT2D eigenvalue weighted by molar-refractivity contribution is -0.150. The van der Waals surface area contributed by atoms with Gasteiger partial charge in [-0.05, 0) is 58.4 Å². The van der Waals surface area contributed by atoms with Crippen LogP contribution in [0.25, 0.3) is 0 Å². The van der Waals surface area contributed by atoms with Gasteiger partial charge in [-0.25, -0.2) is 0 Å². The van der Waals surface area contributed by atoms with Gasteiger partial charge in [-0.1, -0.05) is 19.1 Å². The maximum atomic E-state index is 13.0. The van der Waals surface area contributed by atoms with E-state index in [9.17, 15) is 14.7 Å². The van der Waals surface area contributed by atoms with Crippen molar-refractivity contribution >= 4 is 11.9 Å². The van der Waals surface area contributed by atoms with Crippen molar-refractivity contribution in [2.45, 2.75) is 57.7 Å². The van der Waals surface area contributed by atoms with Gasteiger partial charge in [0, 0.05) is 11.6 Å². The largest absolute Gasteiger partial charge is 0.497 e. The summed E-state index contributed by atoms with van der Waals surface area (Å²) in [7, 11) is 3.40. The number of methoxy groups -OCH3 is 1. The first kappa shape index (κ1) is 20.2. The topological polar surface area (TPSA) is 78.9 Å². The minimum absolute atomic E-state index is 0.109. The van der Waals surface area contributed by atoms with E-state index >= 15 is 0 Å². The normalized spacial score (nSPS) is 26.5. The minimum Gasteiger partial charge on any atom is -0.497 e. The smallest absolute Gasteiger partial charge is 0.324 e. The van der Waals surface area contributed by atoms with Crippen LogP contribution >= 0.6 is 0 Å². The zero-order valence-corrected chi connectivity index (χ0v) is 16.5. The predicted octanol–water partition coefficient (Wildman–Crippen LogP) is 2.84. The van der Waals surface area contributed by atoms with Crippen LogP contribution in [-0.2, 0) is 9.59 Å². The summed E-state index contributed by atoms with van der Waals surface area (Å²) in [5.74, 6) is -0.706. The highest BCUT2D eigenvalue weighted by Crippen LogP contribution is 2.47. The van der Waals surface area contributed by atoms with Crippen LogP contribution < -0.4 is 10.1 Å². The summed E-state index contributed by atoms with van der Waals surface area (Å²) < 4.78 is 5.21. The van der Waals surface area contributed by atoms with Crippen LogP contribution in [0.5, 0.6) is 5.75 Å². The zero-order chi connectivity index (χ0) is 19.7. The quantitative estimate of drug-likeness (QED) is 0.842. The Balaban J connectivity index is 2.47. The Labute approximate surface area is 155 Å². The Morgan fingerprint density at radius 2 is 1.88 bits per heavy atom. The number of amides is 1. The van der Waals surface area contributed by atoms with Crippen LogP contribution in [0.1, 0.15) is 52.1 Å². The number of nitrogens with one attached hydrogen (secondary N) is 1. The third kappa shape index (κ3) is 3.70. The first-order valence-electron chi connectivity index (χ1n) is 8.98. The van der Waals surface area contributed by atoms with Gasteiger partial charge in [-0.2, -0.15) is 0 Å². The summed E-state index contributed by atoms with van der Waals surface area (Å²) in [4.78, 5) is 26.9. The van der Waals surface area contributed by atoms with E-state index in [2.05, 4.69) is 5.32 Å². The summed E-state index contributed by atoms with van der Waals surface area (Å²) in [6.07, 6.45) is 0.721. The van der Waals surface area contributed by atoms with Crippen LogP contribution in [0, 0.1) is 5.92 Å². The summed E-state index contributed by atoms with van der Waals surface area (Å²) >= 11 is 0. The number of likely N-dealkylation sites (N-methyl/N-ethyl adjacent to an activating group) is 1. The summed E-state index contributed by atoms with van der Waals surface area (Å²) in [5, 5.41) is 12.9. The van der Waals surface area contributed by atoms with Crippen LogP contribution in [0.2, 0.25) is 0 Å². The third-order valence-corrected chi connectivity index (χ3v) is 5.31. The summed E-state index contributed by atoms with van der Waals surface area (Å²) in [5.41, 5.74) is -0.510. The molecule has 6 nitrogen and oxygen atoms in total. The molecule has 26 heavy (non-hydrogen) atoms. The third-order valence-electron chi connectivity index (χ3n) is 5.31. The molecule has 1 fully saturated rings. The van der Waals surface area contributed by atoms with Crippen molar-refractivity contribution in [1.29, 1.82) is 0 Å². The van der Waals surface area contributed by atoms with Gasteiger partial charge in [-0.15, -0.1) is 0 Å². The highest BCUT2D eigenvalue weighted by molar-refractivity contribution is 5.85. The molecule has 0 saturated carbocycles. The number of hydrogen-bond acceptors (Lipinski definition) is 4. The molecule has 0 aliphatic carbocycles. The van der Waals surface area contributed by atoms with Crippen LogP contribution in [0.4, 0.5) is 0 Å². The van der Waals surface area contributed by atoms with E-state index in [-0.39, 0.29) is 23.9 Å². The maximum Gasteiger partial charge on any atom is 0.324 e. The SMILES string of the molecule is CC[C@@]1(C(=O)O)C[C@H](C(=O)NC(C)(C)C)[C@H](c2ccc(OC)cc2)N1C. The molecule has 1 heterocycles. The van der Waals surface area contributed by atoms with Gasteiger partial charge in [0.1, 0.15) is 11.3 Å². The van der Waals surface area contributed by atoms with E-state index in [1.54, 1.807) is 14.2 Å². The van der Waals surface area contributed by atoms with E-state index < -0.39 is 17.4 Å². The number of carboxylic acid groups (broad SMARTS) is 1. The number of carbonyl (C=O) groups is 2. The first-order valence-corrected chi connectivity index (χ1v) is 8.98. The lowest BCUT2D eigenvalue weighted by Crippen LogP contribution is -2.48. The molecular formula is C20H30N2O4. The molecule has 1 saturated heterocycles. The standard InChI is InChI=1S/C20H30N2O4/c1-7-20(18(24)25)12-15(17(23)21-19(2,3)4)16(22(20)5)13-8-10-14(26-6)11-9-13/h8-11,15-16H,7,12H2,1-6H3,(H,21,23)(H,24,25)/t15-,16-,20-/m0/s1. The van der Waals surface area contributed by atoms with Gasteiger partial charge < -0.3 is 15.2 Å². The molecule has 1 amide bonds. The van der Waals surface area contributed by atoms with E-state index in [0.29, 0.717) is 6.42 Å². The van der Waals surface area contributed by atoms with Crippen LogP contribution in [0.3, 0.4) is 0 Å². The lowest BCUT2D eigenvalue weighted by Gasteiger charge is -2.34. The monoisotopic (exact) mass is 362 g/mol. The fraction of sp³-hybridized carbons (Fsp3) is 0.600. The van der Waals surface area contributed by atoms with Gasteiger partial charge >= 0.3 is 5.97 Å². The van der Waals surface area contributed by atoms with Crippen molar-refractivity contribution in [2.24, 2.45) is 5.92 Å². The number of benzene rings is 1. The molecule has 6 heteroatoms. The molecule has 2 N–H and O–H groups in total. The second kappa shape index (κ2) is 7.27. The maximum absolute atomic E-state index is 13.0. The van der Waals surface area contributed by atoms with Gasteiger partial charge in [0.25, 0.3) is 0 Å². The van der Waals surface area contributed by atoms with E-state index in [1.807, 2.05) is 56.9 Å². The molecule has 0 bridgehead atoms. The number of likely N-dealkylation sites (tertiary alicyclic amines) is 1. The van der Waals surface area contributed by atoms with Crippen LogP contribution in [0.15, 0.2) is 24.3 Å². The van der Waals surface area contributed by atoms with Gasteiger partial charge in [0.15, 0.2) is 0 Å². The minimum atomic E-state index is -1.05. The van der Waals surface area contributed by atoms with Crippen molar-refractivity contribution < 1.29 is 19.4 Å². The predicted molar refractivity (Wildman–Crippen MR) is 100 cm³/mol. The Morgan fingerprint density at radius 1 is 1.31 bits per heavy atom. The number of carboxylic acids is 1. The number of rotatable bonds is 5.